The van der Waals surface area contributed by atoms with Crippen LogP contribution in [0.25, 0.3) is 0 Å². The number of hydrogen-bond acceptors (Lipinski definition) is 4. The Kier molecular flexibility index (Phi) is 5.42. The first kappa shape index (κ1) is 14.3. The molecule has 1 aromatic rings. The quantitative estimate of drug-likeness (QED) is 0.351. The van der Waals surface area contributed by atoms with Crippen molar-refractivity contribution >= 4 is 11.5 Å². The summed E-state index contributed by atoms with van der Waals surface area (Å²) in [4.78, 5) is 6.33. The first-order chi connectivity index (χ1) is 8.63. The van der Waals surface area contributed by atoms with Crippen LogP contribution in [-0.4, -0.2) is 29.1 Å². The SMILES string of the molecule is CCC(C)CN(CC)c1cnccc1/C(N)=N/O. The standard InChI is InChI=1S/C13H22N4O/c1-4-10(3)9-17(5-2)12-8-15-7-6-11(12)13(14)16-18/h6-8,10,18H,4-5,9H2,1-3H3,(H2,14,16). The van der Waals surface area contributed by atoms with E-state index in [0.717, 1.165) is 30.8 Å². The molecular weight excluding hydrogens is 228 g/mol. The highest BCUT2D eigenvalue weighted by atomic mass is 16.4. The highest BCUT2D eigenvalue weighted by Crippen LogP contribution is 2.20. The van der Waals surface area contributed by atoms with Crippen molar-refractivity contribution in [2.24, 2.45) is 16.8 Å². The number of aromatic nitrogens is 1. The lowest BCUT2D eigenvalue weighted by atomic mass is 10.1. The van der Waals surface area contributed by atoms with Crippen LogP contribution in [0.2, 0.25) is 0 Å². The number of nitrogens with zero attached hydrogens (tertiary/aromatic N) is 3. The molecule has 0 radical (unpaired) electrons. The van der Waals surface area contributed by atoms with Crippen LogP contribution in [0.3, 0.4) is 0 Å². The molecule has 5 nitrogen and oxygen atoms in total. The second-order valence-electron chi connectivity index (χ2n) is 4.43. The fourth-order valence-corrected chi connectivity index (χ4v) is 1.81. The summed E-state index contributed by atoms with van der Waals surface area (Å²) in [7, 11) is 0. The van der Waals surface area contributed by atoms with Gasteiger partial charge in [0, 0.05) is 24.8 Å². The first-order valence-electron chi connectivity index (χ1n) is 6.30. The van der Waals surface area contributed by atoms with E-state index in [2.05, 4.69) is 35.8 Å². The maximum absolute atomic E-state index is 8.82. The van der Waals surface area contributed by atoms with Crippen LogP contribution >= 0.6 is 0 Å². The van der Waals surface area contributed by atoms with Gasteiger partial charge in [0.15, 0.2) is 5.84 Å². The van der Waals surface area contributed by atoms with E-state index in [1.807, 2.05) is 0 Å². The largest absolute Gasteiger partial charge is 0.409 e. The van der Waals surface area contributed by atoms with Crippen molar-refractivity contribution in [1.82, 2.24) is 4.98 Å². The Morgan fingerprint density at radius 3 is 2.83 bits per heavy atom. The van der Waals surface area contributed by atoms with E-state index in [4.69, 9.17) is 10.9 Å². The van der Waals surface area contributed by atoms with Crippen molar-refractivity contribution in [3.8, 4) is 0 Å². The van der Waals surface area contributed by atoms with Gasteiger partial charge in [-0.1, -0.05) is 25.4 Å². The second-order valence-corrected chi connectivity index (χ2v) is 4.43. The molecule has 0 aliphatic rings. The van der Waals surface area contributed by atoms with Crippen LogP contribution in [0.15, 0.2) is 23.6 Å². The lowest BCUT2D eigenvalue weighted by molar-refractivity contribution is 0.318. The predicted molar refractivity (Wildman–Crippen MR) is 74.1 cm³/mol. The van der Waals surface area contributed by atoms with E-state index in [1.165, 1.54) is 0 Å². The minimum atomic E-state index is 0.120. The normalized spacial score (nSPS) is 13.4. The van der Waals surface area contributed by atoms with Gasteiger partial charge in [-0.05, 0) is 18.9 Å². The van der Waals surface area contributed by atoms with Crippen molar-refractivity contribution in [3.05, 3.63) is 24.0 Å². The molecule has 100 valence electrons. The molecule has 0 aliphatic heterocycles. The second kappa shape index (κ2) is 6.83. The highest BCUT2D eigenvalue weighted by Gasteiger charge is 2.14. The number of rotatable bonds is 6. The lowest BCUT2D eigenvalue weighted by Gasteiger charge is -2.27. The fourth-order valence-electron chi connectivity index (χ4n) is 1.81. The maximum Gasteiger partial charge on any atom is 0.172 e. The third kappa shape index (κ3) is 3.35. The Labute approximate surface area is 108 Å². The minimum absolute atomic E-state index is 0.120. The van der Waals surface area contributed by atoms with Gasteiger partial charge in [0.2, 0.25) is 0 Å². The molecule has 0 aromatic carbocycles. The minimum Gasteiger partial charge on any atom is -0.409 e. The molecule has 0 spiro atoms. The van der Waals surface area contributed by atoms with Crippen molar-refractivity contribution in [1.29, 1.82) is 0 Å². The molecule has 18 heavy (non-hydrogen) atoms. The zero-order valence-corrected chi connectivity index (χ0v) is 11.3. The topological polar surface area (TPSA) is 74.7 Å². The summed E-state index contributed by atoms with van der Waals surface area (Å²) >= 11 is 0. The average molecular weight is 250 g/mol. The monoisotopic (exact) mass is 250 g/mol. The van der Waals surface area contributed by atoms with Crippen LogP contribution < -0.4 is 10.6 Å². The van der Waals surface area contributed by atoms with Crippen LogP contribution in [0, 0.1) is 5.92 Å². The third-order valence-corrected chi connectivity index (χ3v) is 3.14. The Balaban J connectivity index is 3.05. The van der Waals surface area contributed by atoms with Crippen molar-refractivity contribution < 1.29 is 5.21 Å². The number of amidine groups is 1. The zero-order valence-electron chi connectivity index (χ0n) is 11.3. The summed E-state index contributed by atoms with van der Waals surface area (Å²) in [6.07, 6.45) is 4.53. The van der Waals surface area contributed by atoms with Gasteiger partial charge >= 0.3 is 0 Å². The Hall–Kier alpha value is -1.78. The molecule has 1 heterocycles. The van der Waals surface area contributed by atoms with Gasteiger partial charge in [-0.3, -0.25) is 4.98 Å². The zero-order chi connectivity index (χ0) is 13.5. The third-order valence-electron chi connectivity index (χ3n) is 3.14. The Morgan fingerprint density at radius 1 is 1.56 bits per heavy atom. The summed E-state index contributed by atoms with van der Waals surface area (Å²) in [6.45, 7) is 8.27. The van der Waals surface area contributed by atoms with E-state index in [1.54, 1.807) is 18.5 Å². The van der Waals surface area contributed by atoms with Crippen LogP contribution in [0.4, 0.5) is 5.69 Å². The van der Waals surface area contributed by atoms with Gasteiger partial charge in [0.1, 0.15) is 0 Å². The molecular formula is C13H22N4O. The molecule has 1 rings (SSSR count). The van der Waals surface area contributed by atoms with Crippen LogP contribution in [0.1, 0.15) is 32.8 Å². The summed E-state index contributed by atoms with van der Waals surface area (Å²) in [5.41, 5.74) is 7.33. The molecule has 0 amide bonds. The van der Waals surface area contributed by atoms with Crippen molar-refractivity contribution in [2.75, 3.05) is 18.0 Å². The molecule has 5 heteroatoms. The van der Waals surface area contributed by atoms with Gasteiger partial charge in [0.05, 0.1) is 11.9 Å². The fraction of sp³-hybridized carbons (Fsp3) is 0.538. The number of anilines is 1. The predicted octanol–water partition coefficient (Wildman–Crippen LogP) is 2.05. The van der Waals surface area contributed by atoms with E-state index >= 15 is 0 Å². The lowest BCUT2D eigenvalue weighted by Crippen LogP contribution is -2.30. The average Bonchev–Trinajstić information content (AvgIpc) is 2.43. The number of hydrogen-bond donors (Lipinski definition) is 2. The van der Waals surface area contributed by atoms with Crippen LogP contribution in [0.5, 0.6) is 0 Å². The summed E-state index contributed by atoms with van der Waals surface area (Å²) < 4.78 is 0. The van der Waals surface area contributed by atoms with E-state index < -0.39 is 0 Å². The Bertz CT molecular complexity index is 406. The molecule has 0 saturated carbocycles. The highest BCUT2D eigenvalue weighted by molar-refractivity contribution is 6.01. The molecule has 1 aromatic heterocycles. The molecule has 0 fully saturated rings. The van der Waals surface area contributed by atoms with Crippen molar-refractivity contribution in [2.45, 2.75) is 27.2 Å². The van der Waals surface area contributed by atoms with E-state index in [0.29, 0.717) is 5.92 Å². The smallest absolute Gasteiger partial charge is 0.172 e. The molecule has 0 aliphatic carbocycles. The summed E-state index contributed by atoms with van der Waals surface area (Å²) in [5.74, 6) is 0.709. The number of nitrogens with two attached hydrogens (primary N) is 1. The van der Waals surface area contributed by atoms with E-state index in [-0.39, 0.29) is 5.84 Å². The number of pyridine rings is 1. The molecule has 3 N–H and O–H groups in total. The van der Waals surface area contributed by atoms with Gasteiger partial charge < -0.3 is 15.8 Å². The van der Waals surface area contributed by atoms with Gasteiger partial charge in [-0.15, -0.1) is 0 Å². The molecule has 1 atom stereocenters. The van der Waals surface area contributed by atoms with Gasteiger partial charge in [-0.25, -0.2) is 0 Å². The summed E-state index contributed by atoms with van der Waals surface area (Å²) in [5, 5.41) is 11.9. The van der Waals surface area contributed by atoms with Crippen molar-refractivity contribution in [3.63, 3.8) is 0 Å². The number of oxime groups is 1. The van der Waals surface area contributed by atoms with Gasteiger partial charge in [0.25, 0.3) is 0 Å². The van der Waals surface area contributed by atoms with Crippen LogP contribution in [-0.2, 0) is 0 Å². The molecule has 0 saturated heterocycles. The van der Waals surface area contributed by atoms with Gasteiger partial charge in [-0.2, -0.15) is 0 Å². The maximum atomic E-state index is 8.82. The summed E-state index contributed by atoms with van der Waals surface area (Å²) in [6, 6.07) is 1.77. The first-order valence-corrected chi connectivity index (χ1v) is 6.30. The Morgan fingerprint density at radius 2 is 2.28 bits per heavy atom. The van der Waals surface area contributed by atoms with E-state index in [9.17, 15) is 0 Å². The molecule has 0 bridgehead atoms. The molecule has 1 unspecified atom stereocenters.